The number of esters is 2. The van der Waals surface area contributed by atoms with E-state index < -0.39 is 73.3 Å². The molecule has 2 rings (SSSR count). The Bertz CT molecular complexity index is 476. The summed E-state index contributed by atoms with van der Waals surface area (Å²) in [5.41, 5.74) is 0. The van der Waals surface area contributed by atoms with Crippen LogP contribution in [0.4, 0.5) is 0 Å². The normalized spacial score (nSPS) is 30.6. The average Bonchev–Trinajstić information content (AvgIpc) is 2.98. The monoisotopic (exact) mass is 416 g/mol. The first-order chi connectivity index (χ1) is 11.1. The molecule has 0 radical (unpaired) electrons. The second-order valence-electron chi connectivity index (χ2n) is 4.86. The van der Waals surface area contributed by atoms with Crippen LogP contribution in [-0.4, -0.2) is 104 Å². The van der Waals surface area contributed by atoms with Gasteiger partial charge in [-0.25, -0.2) is 9.59 Å². The SMILES string of the molecule is O=C1O[C@H]([C@@H](O)CO)C(O)C1=O.O=C1O[C@H]([C@@H](O)CO)C(O)C1=O.[Zn+2]. The number of Topliss-reactive ketones (excluding diaryl/α,β-unsaturated/α-hetero) is 2. The van der Waals surface area contributed by atoms with Crippen molar-refractivity contribution in [1.82, 2.24) is 0 Å². The van der Waals surface area contributed by atoms with Gasteiger partial charge >= 0.3 is 31.4 Å². The van der Waals surface area contributed by atoms with Gasteiger partial charge in [-0.3, -0.25) is 9.59 Å². The second-order valence-corrected chi connectivity index (χ2v) is 4.86. The van der Waals surface area contributed by atoms with Crippen LogP contribution in [0.25, 0.3) is 0 Å². The van der Waals surface area contributed by atoms with Crippen molar-refractivity contribution in [3.05, 3.63) is 0 Å². The van der Waals surface area contributed by atoms with Crippen molar-refractivity contribution in [2.45, 2.75) is 36.6 Å². The number of aliphatic hydroxyl groups excluding tert-OH is 6. The Morgan fingerprint density at radius 1 is 0.760 bits per heavy atom. The molecule has 0 aromatic carbocycles. The van der Waals surface area contributed by atoms with Gasteiger partial charge < -0.3 is 40.1 Å². The van der Waals surface area contributed by atoms with E-state index in [0.717, 1.165) is 0 Å². The van der Waals surface area contributed by atoms with Gasteiger partial charge in [0.25, 0.3) is 11.6 Å². The summed E-state index contributed by atoms with van der Waals surface area (Å²) in [5.74, 6) is -4.54. The van der Waals surface area contributed by atoms with Crippen LogP contribution >= 0.6 is 0 Å². The zero-order valence-corrected chi connectivity index (χ0v) is 15.7. The van der Waals surface area contributed by atoms with E-state index in [9.17, 15) is 19.2 Å². The average molecular weight is 418 g/mol. The quantitative estimate of drug-likeness (QED) is 0.144. The van der Waals surface area contributed by atoms with Crippen molar-refractivity contribution in [1.29, 1.82) is 0 Å². The van der Waals surface area contributed by atoms with Gasteiger partial charge in [0.1, 0.15) is 12.2 Å². The maximum Gasteiger partial charge on any atom is 2.00 e. The summed E-state index contributed by atoms with van der Waals surface area (Å²) in [7, 11) is 0. The number of rotatable bonds is 4. The number of aliphatic hydroxyl groups is 6. The topological polar surface area (TPSA) is 208 Å². The standard InChI is InChI=1S/2C6H8O6.Zn/c2*7-1-2(8)5-3(9)4(10)6(11)12-5;/h2*2-3,5,7-9H,1H2;/q;;+2/t2*2-,3?,5+;/m00./s1. The molecular formula is C12H16O12Zn+2. The molecule has 0 amide bonds. The maximum atomic E-state index is 10.6. The van der Waals surface area contributed by atoms with Crippen LogP contribution < -0.4 is 0 Å². The fourth-order valence-corrected chi connectivity index (χ4v) is 1.82. The zero-order chi connectivity index (χ0) is 18.6. The van der Waals surface area contributed by atoms with Gasteiger partial charge in [0.2, 0.25) is 0 Å². The first-order valence-electron chi connectivity index (χ1n) is 6.59. The Morgan fingerprint density at radius 3 is 1.20 bits per heavy atom. The molecular weight excluding hydrogens is 402 g/mol. The number of ketones is 2. The summed E-state index contributed by atoms with van der Waals surface area (Å²) in [6.07, 6.45) is -8.85. The number of carbonyl (C=O) groups is 4. The van der Waals surface area contributed by atoms with E-state index in [4.69, 9.17) is 30.6 Å². The van der Waals surface area contributed by atoms with Crippen molar-refractivity contribution in [3.8, 4) is 0 Å². The van der Waals surface area contributed by atoms with Crippen molar-refractivity contribution in [3.63, 3.8) is 0 Å². The second kappa shape index (κ2) is 9.97. The zero-order valence-electron chi connectivity index (χ0n) is 12.7. The van der Waals surface area contributed by atoms with Crippen molar-refractivity contribution in [2.75, 3.05) is 13.2 Å². The number of hydrogen-bond donors (Lipinski definition) is 6. The van der Waals surface area contributed by atoms with Crippen LogP contribution in [0.1, 0.15) is 0 Å². The number of ether oxygens (including phenoxy) is 2. The van der Waals surface area contributed by atoms with E-state index in [0.29, 0.717) is 0 Å². The third-order valence-electron chi connectivity index (χ3n) is 3.18. The van der Waals surface area contributed by atoms with Gasteiger partial charge in [-0.15, -0.1) is 0 Å². The largest absolute Gasteiger partial charge is 2.00 e. The van der Waals surface area contributed by atoms with Crippen LogP contribution in [0.2, 0.25) is 0 Å². The molecule has 0 bridgehead atoms. The molecule has 25 heavy (non-hydrogen) atoms. The molecule has 136 valence electrons. The Balaban J connectivity index is 0.000000443. The van der Waals surface area contributed by atoms with Gasteiger partial charge in [0.15, 0.2) is 24.4 Å². The third-order valence-corrected chi connectivity index (χ3v) is 3.18. The number of cyclic esters (lactones) is 2. The van der Waals surface area contributed by atoms with Crippen LogP contribution in [0.5, 0.6) is 0 Å². The van der Waals surface area contributed by atoms with Crippen molar-refractivity contribution in [2.24, 2.45) is 0 Å². The maximum absolute atomic E-state index is 10.6. The molecule has 12 nitrogen and oxygen atoms in total. The fourth-order valence-electron chi connectivity index (χ4n) is 1.82. The molecule has 6 N–H and O–H groups in total. The first kappa shape index (κ1) is 23.7. The summed E-state index contributed by atoms with van der Waals surface area (Å²) in [6, 6.07) is 0. The number of hydrogen-bond acceptors (Lipinski definition) is 12. The summed E-state index contributed by atoms with van der Waals surface area (Å²) in [4.78, 5) is 42.2. The van der Waals surface area contributed by atoms with E-state index in [1.165, 1.54) is 0 Å². The van der Waals surface area contributed by atoms with Gasteiger partial charge in [-0.1, -0.05) is 0 Å². The summed E-state index contributed by atoms with van der Waals surface area (Å²) < 4.78 is 8.58. The minimum absolute atomic E-state index is 0. The molecule has 2 aliphatic heterocycles. The molecule has 0 aliphatic carbocycles. The van der Waals surface area contributed by atoms with E-state index in [-0.39, 0.29) is 19.5 Å². The Morgan fingerprint density at radius 2 is 1.04 bits per heavy atom. The van der Waals surface area contributed by atoms with E-state index in [1.54, 1.807) is 0 Å². The Kier molecular flexibility index (Phi) is 9.44. The van der Waals surface area contributed by atoms with E-state index in [1.807, 2.05) is 0 Å². The molecule has 0 aromatic rings. The summed E-state index contributed by atoms with van der Waals surface area (Å²) >= 11 is 0. The smallest absolute Gasteiger partial charge is 0.450 e. The number of carbonyl (C=O) groups excluding carboxylic acids is 4. The van der Waals surface area contributed by atoms with Crippen molar-refractivity contribution < 1.29 is 78.8 Å². The van der Waals surface area contributed by atoms with Crippen LogP contribution in [0.15, 0.2) is 0 Å². The Hall–Kier alpha value is -1.34. The third kappa shape index (κ3) is 5.32. The van der Waals surface area contributed by atoms with Crippen LogP contribution in [-0.2, 0) is 48.1 Å². The summed E-state index contributed by atoms with van der Waals surface area (Å²) in [6.45, 7) is -1.36. The molecule has 13 heteroatoms. The fraction of sp³-hybridized carbons (Fsp3) is 0.667. The van der Waals surface area contributed by atoms with E-state index in [2.05, 4.69) is 9.47 Å². The minimum Gasteiger partial charge on any atom is -0.450 e. The summed E-state index contributed by atoms with van der Waals surface area (Å²) in [5, 5.41) is 52.6. The molecule has 2 heterocycles. The van der Waals surface area contributed by atoms with Crippen LogP contribution in [0, 0.1) is 0 Å². The molecule has 2 unspecified atom stereocenters. The molecule has 0 spiro atoms. The van der Waals surface area contributed by atoms with Crippen molar-refractivity contribution >= 4 is 23.5 Å². The molecule has 2 aliphatic rings. The molecule has 2 saturated heterocycles. The van der Waals surface area contributed by atoms with E-state index >= 15 is 0 Å². The van der Waals surface area contributed by atoms with Gasteiger partial charge in [-0.2, -0.15) is 0 Å². The molecule has 6 atom stereocenters. The Labute approximate surface area is 152 Å². The first-order valence-corrected chi connectivity index (χ1v) is 6.59. The molecule has 0 saturated carbocycles. The van der Waals surface area contributed by atoms with Gasteiger partial charge in [0.05, 0.1) is 13.2 Å². The predicted molar refractivity (Wildman–Crippen MR) is 68.0 cm³/mol. The van der Waals surface area contributed by atoms with Gasteiger partial charge in [0, 0.05) is 0 Å². The minimum atomic E-state index is -1.67. The van der Waals surface area contributed by atoms with Gasteiger partial charge in [-0.05, 0) is 0 Å². The predicted octanol–water partition coefficient (Wildman–Crippen LogP) is -5.61. The molecule has 0 aromatic heterocycles. The molecule has 2 fully saturated rings. The van der Waals surface area contributed by atoms with Crippen LogP contribution in [0.3, 0.4) is 0 Å².